The molecule has 2 heterocycles. The van der Waals surface area contributed by atoms with E-state index >= 15 is 0 Å². The van der Waals surface area contributed by atoms with Crippen LogP contribution in [0.2, 0.25) is 0 Å². The van der Waals surface area contributed by atoms with Crippen molar-refractivity contribution in [2.75, 3.05) is 0 Å². The first kappa shape index (κ1) is 10.5. The molecule has 3 aromatic rings. The summed E-state index contributed by atoms with van der Waals surface area (Å²) in [5.74, 6) is 0. The van der Waals surface area contributed by atoms with Gasteiger partial charge in [0, 0.05) is 11.8 Å². The molecule has 0 unspecified atom stereocenters. The molecule has 2 aromatic heterocycles. The summed E-state index contributed by atoms with van der Waals surface area (Å²) in [6, 6.07) is 11.6. The summed E-state index contributed by atoms with van der Waals surface area (Å²) in [5, 5.41) is 4.43. The fourth-order valence-corrected chi connectivity index (χ4v) is 2.24. The molecule has 3 rings (SSSR count). The predicted octanol–water partition coefficient (Wildman–Crippen LogP) is 2.29. The SMILES string of the molecule is O=c1[nH]cc(I)n2nc(-c3ccccc3)cc12. The molecule has 17 heavy (non-hydrogen) atoms. The minimum atomic E-state index is -0.125. The zero-order chi connectivity index (χ0) is 11.8. The smallest absolute Gasteiger partial charge is 0.274 e. The van der Waals surface area contributed by atoms with Crippen LogP contribution in [0.3, 0.4) is 0 Å². The highest BCUT2D eigenvalue weighted by molar-refractivity contribution is 14.1. The molecule has 1 aromatic carbocycles. The van der Waals surface area contributed by atoms with Crippen LogP contribution in [0, 0.1) is 3.70 Å². The molecule has 0 spiro atoms. The Morgan fingerprint density at radius 1 is 1.24 bits per heavy atom. The van der Waals surface area contributed by atoms with E-state index in [-0.39, 0.29) is 5.56 Å². The number of benzene rings is 1. The first-order valence-corrected chi connectivity index (χ1v) is 6.16. The minimum absolute atomic E-state index is 0.125. The second kappa shape index (κ2) is 3.99. The highest BCUT2D eigenvalue weighted by atomic mass is 127. The third-order valence-electron chi connectivity index (χ3n) is 2.54. The van der Waals surface area contributed by atoms with E-state index in [1.165, 1.54) is 0 Å². The van der Waals surface area contributed by atoms with E-state index in [4.69, 9.17) is 0 Å². The van der Waals surface area contributed by atoms with Gasteiger partial charge in [-0.25, -0.2) is 4.52 Å². The van der Waals surface area contributed by atoms with Crippen LogP contribution in [0.5, 0.6) is 0 Å². The van der Waals surface area contributed by atoms with E-state index in [1.54, 1.807) is 16.8 Å². The highest BCUT2D eigenvalue weighted by Gasteiger charge is 2.08. The molecule has 0 saturated heterocycles. The number of aromatic amines is 1. The monoisotopic (exact) mass is 337 g/mol. The molecule has 1 N–H and O–H groups in total. The summed E-state index contributed by atoms with van der Waals surface area (Å²) in [5.41, 5.74) is 2.25. The summed E-state index contributed by atoms with van der Waals surface area (Å²) in [6.45, 7) is 0. The van der Waals surface area contributed by atoms with Gasteiger partial charge in [-0.05, 0) is 28.7 Å². The number of nitrogens with zero attached hydrogens (tertiary/aromatic N) is 2. The van der Waals surface area contributed by atoms with Gasteiger partial charge in [0.15, 0.2) is 0 Å². The van der Waals surface area contributed by atoms with Gasteiger partial charge in [-0.2, -0.15) is 5.10 Å². The van der Waals surface area contributed by atoms with E-state index in [0.29, 0.717) is 5.52 Å². The van der Waals surface area contributed by atoms with Crippen LogP contribution in [0.4, 0.5) is 0 Å². The van der Waals surface area contributed by atoms with Crippen molar-refractivity contribution in [2.45, 2.75) is 0 Å². The number of halogens is 1. The first-order valence-electron chi connectivity index (χ1n) is 5.08. The minimum Gasteiger partial charge on any atom is -0.325 e. The molecule has 0 amide bonds. The average molecular weight is 337 g/mol. The number of fused-ring (bicyclic) bond motifs is 1. The molecule has 4 nitrogen and oxygen atoms in total. The lowest BCUT2D eigenvalue weighted by Gasteiger charge is -1.95. The summed E-state index contributed by atoms with van der Waals surface area (Å²) < 4.78 is 2.53. The van der Waals surface area contributed by atoms with Gasteiger partial charge in [0.1, 0.15) is 9.22 Å². The van der Waals surface area contributed by atoms with Gasteiger partial charge in [0.25, 0.3) is 5.56 Å². The van der Waals surface area contributed by atoms with Crippen LogP contribution in [-0.4, -0.2) is 14.6 Å². The number of rotatable bonds is 1. The summed E-state index contributed by atoms with van der Waals surface area (Å²) in [6.07, 6.45) is 1.65. The van der Waals surface area contributed by atoms with Crippen molar-refractivity contribution in [2.24, 2.45) is 0 Å². The molecule has 0 aliphatic carbocycles. The zero-order valence-electron chi connectivity index (χ0n) is 8.72. The summed E-state index contributed by atoms with van der Waals surface area (Å²) >= 11 is 2.14. The lowest BCUT2D eigenvalue weighted by molar-refractivity contribution is 0.910. The Labute approximate surface area is 110 Å². The third kappa shape index (κ3) is 1.76. The normalized spacial score (nSPS) is 10.9. The van der Waals surface area contributed by atoms with Gasteiger partial charge in [-0.3, -0.25) is 4.79 Å². The van der Waals surface area contributed by atoms with Gasteiger partial charge < -0.3 is 4.98 Å². The number of nitrogens with one attached hydrogen (secondary N) is 1. The molecule has 0 saturated carbocycles. The summed E-state index contributed by atoms with van der Waals surface area (Å²) in [7, 11) is 0. The molecule has 0 bridgehead atoms. The van der Waals surface area contributed by atoms with Crippen LogP contribution in [-0.2, 0) is 0 Å². The highest BCUT2D eigenvalue weighted by Crippen LogP contribution is 2.18. The molecule has 0 radical (unpaired) electrons. The molecule has 5 heteroatoms. The van der Waals surface area contributed by atoms with Gasteiger partial charge in [0.05, 0.1) is 5.69 Å². The van der Waals surface area contributed by atoms with Crippen molar-refractivity contribution >= 4 is 28.1 Å². The van der Waals surface area contributed by atoms with E-state index in [1.807, 2.05) is 30.3 Å². The second-order valence-corrected chi connectivity index (χ2v) is 4.74. The summed E-state index contributed by atoms with van der Waals surface area (Å²) in [4.78, 5) is 14.3. The number of H-pyrrole nitrogens is 1. The van der Waals surface area contributed by atoms with Crippen molar-refractivity contribution in [3.63, 3.8) is 0 Å². The Bertz CT molecular complexity index is 730. The van der Waals surface area contributed by atoms with E-state index in [9.17, 15) is 4.79 Å². The van der Waals surface area contributed by atoms with Crippen molar-refractivity contribution < 1.29 is 0 Å². The Balaban J connectivity index is 2.31. The maximum Gasteiger partial charge on any atom is 0.274 e. The number of hydrogen-bond donors (Lipinski definition) is 1. The van der Waals surface area contributed by atoms with Crippen LogP contribution in [0.25, 0.3) is 16.8 Å². The van der Waals surface area contributed by atoms with Gasteiger partial charge in [0.2, 0.25) is 0 Å². The van der Waals surface area contributed by atoms with Crippen molar-refractivity contribution in [1.29, 1.82) is 0 Å². The predicted molar refractivity (Wildman–Crippen MR) is 74.0 cm³/mol. The second-order valence-electron chi connectivity index (χ2n) is 3.63. The topological polar surface area (TPSA) is 50.2 Å². The van der Waals surface area contributed by atoms with E-state index in [2.05, 4.69) is 32.7 Å². The maximum absolute atomic E-state index is 11.7. The number of aromatic nitrogens is 3. The third-order valence-corrected chi connectivity index (χ3v) is 3.30. The van der Waals surface area contributed by atoms with E-state index < -0.39 is 0 Å². The fourth-order valence-electron chi connectivity index (χ4n) is 1.72. The van der Waals surface area contributed by atoms with Crippen molar-refractivity contribution in [3.8, 4) is 11.3 Å². The molecular formula is C12H8IN3O. The van der Waals surface area contributed by atoms with Gasteiger partial charge >= 0.3 is 0 Å². The Kier molecular flexibility index (Phi) is 2.47. The lowest BCUT2D eigenvalue weighted by atomic mass is 10.1. The first-order chi connectivity index (χ1) is 8.25. The Hall–Kier alpha value is -1.63. The van der Waals surface area contributed by atoms with Gasteiger partial charge in [-0.15, -0.1) is 0 Å². The maximum atomic E-state index is 11.7. The molecule has 0 fully saturated rings. The van der Waals surface area contributed by atoms with Crippen LogP contribution < -0.4 is 5.56 Å². The molecule has 84 valence electrons. The Morgan fingerprint density at radius 2 is 2.00 bits per heavy atom. The largest absolute Gasteiger partial charge is 0.325 e. The fraction of sp³-hybridized carbons (Fsp3) is 0. The van der Waals surface area contributed by atoms with Crippen LogP contribution >= 0.6 is 22.6 Å². The zero-order valence-corrected chi connectivity index (χ0v) is 10.9. The quantitative estimate of drug-likeness (QED) is 0.693. The van der Waals surface area contributed by atoms with Crippen LogP contribution in [0.1, 0.15) is 0 Å². The molecule has 0 atom stereocenters. The van der Waals surface area contributed by atoms with Crippen LogP contribution in [0.15, 0.2) is 47.4 Å². The van der Waals surface area contributed by atoms with Crippen molar-refractivity contribution in [3.05, 3.63) is 56.6 Å². The van der Waals surface area contributed by atoms with Crippen molar-refractivity contribution in [1.82, 2.24) is 14.6 Å². The Morgan fingerprint density at radius 3 is 2.71 bits per heavy atom. The van der Waals surface area contributed by atoms with Gasteiger partial charge in [-0.1, -0.05) is 30.3 Å². The number of hydrogen-bond acceptors (Lipinski definition) is 2. The molecule has 0 aliphatic rings. The molecule has 0 aliphatic heterocycles. The standard InChI is InChI=1S/C12H8IN3O/c13-11-7-14-12(17)10-6-9(15-16(10)11)8-4-2-1-3-5-8/h1-7H,(H,14,17). The molecular weight excluding hydrogens is 329 g/mol. The lowest BCUT2D eigenvalue weighted by Crippen LogP contribution is -2.10. The average Bonchev–Trinajstić information content (AvgIpc) is 2.81. The van der Waals surface area contributed by atoms with E-state index in [0.717, 1.165) is 15.0 Å².